The van der Waals surface area contributed by atoms with Crippen LogP contribution in [0, 0.1) is 25.2 Å². The summed E-state index contributed by atoms with van der Waals surface area (Å²) in [5, 5.41) is 5.94. The number of ether oxygens (including phenoxy) is 1. The summed E-state index contributed by atoms with van der Waals surface area (Å²) < 4.78 is 5.33. The summed E-state index contributed by atoms with van der Waals surface area (Å²) in [6.07, 6.45) is 5.56. The van der Waals surface area contributed by atoms with Gasteiger partial charge in [0.2, 0.25) is 5.91 Å². The first-order valence-corrected chi connectivity index (χ1v) is 12.6. The van der Waals surface area contributed by atoms with E-state index in [4.69, 9.17) is 22.8 Å². The molecular weight excluding hydrogens is 490 g/mol. The number of carbonyl (C=O) groups is 3. The maximum atomic E-state index is 13.9. The molecule has 0 spiro atoms. The van der Waals surface area contributed by atoms with Gasteiger partial charge < -0.3 is 20.3 Å². The van der Waals surface area contributed by atoms with Gasteiger partial charge in [0.15, 0.2) is 0 Å². The van der Waals surface area contributed by atoms with Crippen molar-refractivity contribution in [3.05, 3.63) is 64.2 Å². The van der Waals surface area contributed by atoms with Crippen LogP contribution in [0.25, 0.3) is 0 Å². The molecule has 0 heterocycles. The van der Waals surface area contributed by atoms with Crippen molar-refractivity contribution >= 4 is 35.2 Å². The molecule has 0 saturated heterocycles. The van der Waals surface area contributed by atoms with Crippen LogP contribution in [0.5, 0.6) is 0 Å². The van der Waals surface area contributed by atoms with Crippen molar-refractivity contribution in [2.45, 2.75) is 71.7 Å². The smallest absolute Gasteiger partial charge is 0.408 e. The number of halogens is 1. The first-order valence-electron chi connectivity index (χ1n) is 12.3. The van der Waals surface area contributed by atoms with Crippen LogP contribution in [0.3, 0.4) is 0 Å². The zero-order valence-corrected chi connectivity index (χ0v) is 22.8. The Morgan fingerprint density at radius 3 is 2.30 bits per heavy atom. The molecule has 2 N–H and O–H groups in total. The number of nitrogens with zero attached hydrogens (tertiary/aromatic N) is 1. The van der Waals surface area contributed by atoms with E-state index in [2.05, 4.69) is 16.6 Å². The van der Waals surface area contributed by atoms with E-state index in [9.17, 15) is 14.4 Å². The van der Waals surface area contributed by atoms with Crippen LogP contribution in [-0.4, -0.2) is 40.5 Å². The average molecular weight is 524 g/mol. The Balaban J connectivity index is 1.99. The molecule has 0 aromatic heterocycles. The third-order valence-electron chi connectivity index (χ3n) is 6.17. The fraction of sp³-hybridized carbons (Fsp3) is 0.414. The average Bonchev–Trinajstić information content (AvgIpc) is 3.53. The van der Waals surface area contributed by atoms with Gasteiger partial charge in [-0.15, -0.1) is 6.42 Å². The van der Waals surface area contributed by atoms with E-state index in [0.717, 1.165) is 12.0 Å². The Morgan fingerprint density at radius 1 is 1.16 bits per heavy atom. The molecule has 7 nitrogen and oxygen atoms in total. The maximum Gasteiger partial charge on any atom is 0.408 e. The molecule has 3 rings (SSSR count). The van der Waals surface area contributed by atoms with Crippen molar-refractivity contribution in [3.63, 3.8) is 0 Å². The van der Waals surface area contributed by atoms with E-state index < -0.39 is 35.6 Å². The van der Waals surface area contributed by atoms with Gasteiger partial charge in [0.25, 0.3) is 5.91 Å². The van der Waals surface area contributed by atoms with E-state index >= 15 is 0 Å². The van der Waals surface area contributed by atoms with E-state index in [1.54, 1.807) is 69.0 Å². The lowest BCUT2D eigenvalue weighted by Crippen LogP contribution is -2.52. The Hall–Kier alpha value is -3.50. The van der Waals surface area contributed by atoms with Gasteiger partial charge in [-0.05, 0) is 76.3 Å². The van der Waals surface area contributed by atoms with E-state index in [1.165, 1.54) is 0 Å². The van der Waals surface area contributed by atoms with Gasteiger partial charge in [-0.25, -0.2) is 4.79 Å². The number of amides is 3. The molecule has 1 aliphatic carbocycles. The van der Waals surface area contributed by atoms with Crippen LogP contribution in [0.15, 0.2) is 42.5 Å². The van der Waals surface area contributed by atoms with Gasteiger partial charge in [-0.3, -0.25) is 9.59 Å². The Morgan fingerprint density at radius 2 is 1.78 bits per heavy atom. The minimum Gasteiger partial charge on any atom is -0.444 e. The lowest BCUT2D eigenvalue weighted by molar-refractivity contribution is -0.141. The number of hydrogen-bond acceptors (Lipinski definition) is 4. The van der Waals surface area contributed by atoms with Crippen LogP contribution in [0.4, 0.5) is 10.5 Å². The van der Waals surface area contributed by atoms with Crippen LogP contribution in [0.1, 0.15) is 63.8 Å². The number of rotatable bonds is 7. The lowest BCUT2D eigenvalue weighted by atomic mass is 10.0. The standard InChI is InChI=1S/C29H34ClN3O4/c1-8-20-12-14-21(15-13-20)25(26(34)32-24-17(2)10-9-11-22(24)30)33(23-16-18(23)3)27(35)19(4)31-28(36)37-29(5,6)7/h1,9-15,18-19,23,25H,16H2,2-7H3,(H,31,36)(H,32,34). The van der Waals surface area contributed by atoms with Gasteiger partial charge in [0, 0.05) is 11.6 Å². The highest BCUT2D eigenvalue weighted by Gasteiger charge is 2.47. The fourth-order valence-corrected chi connectivity index (χ4v) is 4.39. The summed E-state index contributed by atoms with van der Waals surface area (Å²) in [5.41, 5.74) is 1.81. The third kappa shape index (κ3) is 7.05. The predicted octanol–water partition coefficient (Wildman–Crippen LogP) is 5.46. The minimum atomic E-state index is -0.979. The van der Waals surface area contributed by atoms with Gasteiger partial charge in [-0.1, -0.05) is 48.7 Å². The fourth-order valence-electron chi connectivity index (χ4n) is 4.12. The Bertz CT molecular complexity index is 1190. The number of benzene rings is 2. The molecular formula is C29H34ClN3O4. The van der Waals surface area contributed by atoms with Crippen molar-refractivity contribution in [1.82, 2.24) is 10.2 Å². The number of carbonyl (C=O) groups excluding carboxylic acids is 3. The van der Waals surface area contributed by atoms with Crippen LogP contribution < -0.4 is 10.6 Å². The second-order valence-corrected chi connectivity index (χ2v) is 10.9. The van der Waals surface area contributed by atoms with Crippen LogP contribution in [0.2, 0.25) is 5.02 Å². The number of terminal acetylenes is 1. The van der Waals surface area contributed by atoms with Crippen molar-refractivity contribution < 1.29 is 19.1 Å². The van der Waals surface area contributed by atoms with E-state index in [1.807, 2.05) is 19.9 Å². The summed E-state index contributed by atoms with van der Waals surface area (Å²) in [6.45, 7) is 10.7. The predicted molar refractivity (Wildman–Crippen MR) is 145 cm³/mol. The summed E-state index contributed by atoms with van der Waals surface area (Å²) in [6, 6.07) is 10.2. The second kappa shape index (κ2) is 11.3. The molecule has 4 atom stereocenters. The second-order valence-electron chi connectivity index (χ2n) is 10.5. The molecule has 196 valence electrons. The number of aryl methyl sites for hydroxylation is 1. The molecule has 37 heavy (non-hydrogen) atoms. The normalized spacial score (nSPS) is 18.1. The highest BCUT2D eigenvalue weighted by Crippen LogP contribution is 2.41. The number of para-hydroxylation sites is 1. The SMILES string of the molecule is C#Cc1ccc(C(C(=O)Nc2c(C)cccc2Cl)N(C(=O)C(C)NC(=O)OC(C)(C)C)C2CC2C)cc1. The molecule has 3 amide bonds. The number of anilines is 1. The molecule has 1 fully saturated rings. The van der Waals surface area contributed by atoms with Gasteiger partial charge in [-0.2, -0.15) is 0 Å². The van der Waals surface area contributed by atoms with Crippen molar-refractivity contribution in [3.8, 4) is 12.3 Å². The molecule has 1 aliphatic rings. The topological polar surface area (TPSA) is 87.7 Å². The molecule has 8 heteroatoms. The zero-order chi connectivity index (χ0) is 27.5. The molecule has 0 aliphatic heterocycles. The quantitative estimate of drug-likeness (QED) is 0.472. The molecule has 1 saturated carbocycles. The minimum absolute atomic E-state index is 0.175. The molecule has 0 radical (unpaired) electrons. The molecule has 4 unspecified atom stereocenters. The lowest BCUT2D eigenvalue weighted by Gasteiger charge is -2.34. The summed E-state index contributed by atoms with van der Waals surface area (Å²) in [4.78, 5) is 41.6. The first-order chi connectivity index (χ1) is 17.3. The largest absolute Gasteiger partial charge is 0.444 e. The van der Waals surface area contributed by atoms with Crippen molar-refractivity contribution in [2.24, 2.45) is 5.92 Å². The van der Waals surface area contributed by atoms with Gasteiger partial charge in [0.1, 0.15) is 17.7 Å². The van der Waals surface area contributed by atoms with E-state index in [-0.39, 0.29) is 12.0 Å². The highest BCUT2D eigenvalue weighted by atomic mass is 35.5. The van der Waals surface area contributed by atoms with Gasteiger partial charge in [0.05, 0.1) is 10.7 Å². The highest BCUT2D eigenvalue weighted by molar-refractivity contribution is 6.34. The monoisotopic (exact) mass is 523 g/mol. The number of nitrogens with one attached hydrogen (secondary N) is 2. The Kier molecular flexibility index (Phi) is 8.55. The van der Waals surface area contributed by atoms with Crippen LogP contribution in [-0.2, 0) is 14.3 Å². The van der Waals surface area contributed by atoms with Crippen molar-refractivity contribution in [2.75, 3.05) is 5.32 Å². The number of hydrogen-bond donors (Lipinski definition) is 2. The summed E-state index contributed by atoms with van der Waals surface area (Å²) in [7, 11) is 0. The van der Waals surface area contributed by atoms with Crippen LogP contribution >= 0.6 is 11.6 Å². The van der Waals surface area contributed by atoms with Crippen molar-refractivity contribution in [1.29, 1.82) is 0 Å². The van der Waals surface area contributed by atoms with Gasteiger partial charge >= 0.3 is 6.09 Å². The Labute approximate surface area is 223 Å². The summed E-state index contributed by atoms with van der Waals surface area (Å²) >= 11 is 6.39. The molecule has 0 bridgehead atoms. The molecule has 2 aromatic rings. The molecule has 2 aromatic carbocycles. The maximum absolute atomic E-state index is 13.9. The van der Waals surface area contributed by atoms with E-state index in [0.29, 0.717) is 21.8 Å². The third-order valence-corrected chi connectivity index (χ3v) is 6.49. The first kappa shape index (κ1) is 28.1. The summed E-state index contributed by atoms with van der Waals surface area (Å²) in [5.74, 6) is 1.96. The zero-order valence-electron chi connectivity index (χ0n) is 22.1. The number of alkyl carbamates (subject to hydrolysis) is 1.